The van der Waals surface area contributed by atoms with Gasteiger partial charge in [-0.2, -0.15) is 0 Å². The highest BCUT2D eigenvalue weighted by Gasteiger charge is 2.29. The number of amides is 2. The lowest BCUT2D eigenvalue weighted by Gasteiger charge is -2.34. The van der Waals surface area contributed by atoms with E-state index in [9.17, 15) is 9.59 Å². The molecule has 24 heavy (non-hydrogen) atoms. The average Bonchev–Trinajstić information content (AvgIpc) is 2.96. The fraction of sp³-hybridized carbons (Fsp3) is 0.375. The Kier molecular flexibility index (Phi) is 4.99. The van der Waals surface area contributed by atoms with E-state index in [0.717, 1.165) is 11.3 Å². The number of hydrazine groups is 1. The molecule has 1 fully saturated rings. The fourth-order valence-corrected chi connectivity index (χ4v) is 3.31. The van der Waals surface area contributed by atoms with Crippen LogP contribution in [0.3, 0.4) is 0 Å². The summed E-state index contributed by atoms with van der Waals surface area (Å²) in [7, 11) is 0. The topological polar surface area (TPSA) is 64.7 Å². The minimum absolute atomic E-state index is 0.0407. The summed E-state index contributed by atoms with van der Waals surface area (Å²) >= 11 is 12.1. The Morgan fingerprint density at radius 1 is 1.17 bits per heavy atom. The number of halogens is 2. The number of hydrogen-bond donors (Lipinski definition) is 2. The molecule has 128 valence electrons. The molecule has 1 saturated heterocycles. The van der Waals surface area contributed by atoms with E-state index in [0.29, 0.717) is 42.6 Å². The number of carbonyl (C=O) groups excluding carboxylic acids is 2. The molecule has 0 saturated carbocycles. The highest BCUT2D eigenvalue weighted by Crippen LogP contribution is 2.37. The summed E-state index contributed by atoms with van der Waals surface area (Å²) in [6, 6.07) is 3.37. The molecule has 0 spiro atoms. The molecular weight excluding hydrogens is 351 g/mol. The smallest absolute Gasteiger partial charge is 0.246 e. The van der Waals surface area contributed by atoms with Crippen molar-refractivity contribution in [3.63, 3.8) is 0 Å². The predicted octanol–water partition coefficient (Wildman–Crippen LogP) is 2.21. The van der Waals surface area contributed by atoms with E-state index < -0.39 is 0 Å². The van der Waals surface area contributed by atoms with Crippen molar-refractivity contribution >= 4 is 40.7 Å². The van der Waals surface area contributed by atoms with Crippen molar-refractivity contribution in [3.8, 4) is 0 Å². The lowest BCUT2D eigenvalue weighted by molar-refractivity contribution is -0.137. The van der Waals surface area contributed by atoms with E-state index in [-0.39, 0.29) is 17.9 Å². The Labute approximate surface area is 150 Å². The lowest BCUT2D eigenvalue weighted by Crippen LogP contribution is -2.50. The Morgan fingerprint density at radius 3 is 2.46 bits per heavy atom. The highest BCUT2D eigenvalue weighted by atomic mass is 35.5. The van der Waals surface area contributed by atoms with Crippen LogP contribution in [0.15, 0.2) is 24.8 Å². The third-order valence-electron chi connectivity index (χ3n) is 4.35. The summed E-state index contributed by atoms with van der Waals surface area (Å²) in [6.07, 6.45) is 1.62. The van der Waals surface area contributed by atoms with Gasteiger partial charge in [-0.1, -0.05) is 29.8 Å². The molecule has 0 aromatic heterocycles. The second kappa shape index (κ2) is 7.01. The van der Waals surface area contributed by atoms with Gasteiger partial charge in [0.1, 0.15) is 0 Å². The van der Waals surface area contributed by atoms with Crippen LogP contribution in [0.5, 0.6) is 0 Å². The first-order valence-corrected chi connectivity index (χ1v) is 8.45. The zero-order chi connectivity index (χ0) is 17.3. The largest absolute Gasteiger partial charge is 0.339 e. The van der Waals surface area contributed by atoms with E-state index in [4.69, 9.17) is 23.2 Å². The van der Waals surface area contributed by atoms with Crippen LogP contribution in [-0.4, -0.2) is 47.8 Å². The number of nitrogens with zero attached hydrogens (tertiary/aromatic N) is 2. The van der Waals surface area contributed by atoms with E-state index in [1.54, 1.807) is 21.9 Å². The normalized spacial score (nSPS) is 19.7. The van der Waals surface area contributed by atoms with Gasteiger partial charge in [0.25, 0.3) is 0 Å². The molecule has 0 radical (unpaired) electrons. The van der Waals surface area contributed by atoms with Gasteiger partial charge in [-0.05, 0) is 23.8 Å². The van der Waals surface area contributed by atoms with Crippen LogP contribution >= 0.6 is 23.2 Å². The molecule has 1 unspecified atom stereocenters. The Bertz CT molecular complexity index is 687. The van der Waals surface area contributed by atoms with Gasteiger partial charge >= 0.3 is 0 Å². The molecule has 6 nitrogen and oxygen atoms in total. The third-order valence-corrected chi connectivity index (χ3v) is 5.07. The number of benzene rings is 1. The maximum atomic E-state index is 12.5. The second-order valence-electron chi connectivity index (χ2n) is 5.79. The zero-order valence-electron chi connectivity index (χ0n) is 13.0. The highest BCUT2D eigenvalue weighted by molar-refractivity contribution is 6.42. The molecule has 3 rings (SSSR count). The molecule has 2 amide bonds. The third kappa shape index (κ3) is 3.36. The molecule has 2 aliphatic heterocycles. The minimum Gasteiger partial charge on any atom is -0.339 e. The molecule has 0 bridgehead atoms. The molecule has 1 atom stereocenters. The zero-order valence-corrected chi connectivity index (χ0v) is 14.5. The monoisotopic (exact) mass is 368 g/mol. The van der Waals surface area contributed by atoms with Crippen molar-refractivity contribution in [2.24, 2.45) is 0 Å². The van der Waals surface area contributed by atoms with Crippen LogP contribution in [0.25, 0.3) is 0 Å². The number of carbonyl (C=O) groups is 2. The van der Waals surface area contributed by atoms with Gasteiger partial charge < -0.3 is 15.2 Å². The van der Waals surface area contributed by atoms with Gasteiger partial charge in [0, 0.05) is 32.6 Å². The van der Waals surface area contributed by atoms with Crippen LogP contribution in [0.2, 0.25) is 10.0 Å². The van der Waals surface area contributed by atoms with E-state index in [2.05, 4.69) is 17.4 Å². The van der Waals surface area contributed by atoms with Gasteiger partial charge in [0.05, 0.1) is 21.8 Å². The van der Waals surface area contributed by atoms with Crippen LogP contribution in [0.1, 0.15) is 18.0 Å². The van der Waals surface area contributed by atoms with Crippen molar-refractivity contribution in [2.45, 2.75) is 12.5 Å². The van der Waals surface area contributed by atoms with Crippen LogP contribution in [0, 0.1) is 0 Å². The van der Waals surface area contributed by atoms with E-state index in [1.807, 2.05) is 0 Å². The Hall–Kier alpha value is -1.76. The summed E-state index contributed by atoms with van der Waals surface area (Å²) in [6.45, 7) is 5.62. The first-order valence-electron chi connectivity index (χ1n) is 7.69. The molecular formula is C16H18Cl2N4O2. The molecule has 2 N–H and O–H groups in total. The Balaban J connectivity index is 1.61. The van der Waals surface area contributed by atoms with Crippen molar-refractivity contribution in [1.82, 2.24) is 15.2 Å². The summed E-state index contributed by atoms with van der Waals surface area (Å²) in [5, 5.41) is 0.939. The molecule has 2 heterocycles. The first-order chi connectivity index (χ1) is 11.5. The first kappa shape index (κ1) is 17.1. The molecule has 1 aromatic rings. The second-order valence-corrected chi connectivity index (χ2v) is 6.60. The lowest BCUT2D eigenvalue weighted by atomic mass is 10.0. The number of hydrogen-bond acceptors (Lipinski definition) is 4. The summed E-state index contributed by atoms with van der Waals surface area (Å²) < 4.78 is 0. The maximum Gasteiger partial charge on any atom is 0.246 e. The van der Waals surface area contributed by atoms with E-state index in [1.165, 1.54) is 6.08 Å². The van der Waals surface area contributed by atoms with Crippen molar-refractivity contribution in [2.75, 3.05) is 31.6 Å². The summed E-state index contributed by atoms with van der Waals surface area (Å²) in [5.41, 5.74) is 7.88. The van der Waals surface area contributed by atoms with Gasteiger partial charge in [-0.25, -0.2) is 5.43 Å². The fourth-order valence-electron chi connectivity index (χ4n) is 2.97. The van der Waals surface area contributed by atoms with Crippen LogP contribution in [-0.2, 0) is 9.59 Å². The average molecular weight is 369 g/mol. The molecule has 2 aliphatic rings. The standard InChI is InChI=1S/C16H18Cl2N4O2/c1-2-15(23)21-3-5-22(6-4-21)16(24)9-14-10-7-11(17)12(18)8-13(10)19-20-14/h2,7-8,14,19-20H,1,3-6,9H2. The quantitative estimate of drug-likeness (QED) is 0.802. The number of piperazine rings is 1. The van der Waals surface area contributed by atoms with Crippen molar-refractivity contribution < 1.29 is 9.59 Å². The molecule has 1 aromatic carbocycles. The van der Waals surface area contributed by atoms with Crippen LogP contribution in [0.4, 0.5) is 5.69 Å². The van der Waals surface area contributed by atoms with Crippen LogP contribution < -0.4 is 10.9 Å². The Morgan fingerprint density at radius 2 is 1.79 bits per heavy atom. The van der Waals surface area contributed by atoms with Gasteiger partial charge in [0.2, 0.25) is 11.8 Å². The predicted molar refractivity (Wildman–Crippen MR) is 93.9 cm³/mol. The number of fused-ring (bicyclic) bond motifs is 1. The summed E-state index contributed by atoms with van der Waals surface area (Å²) in [5.74, 6) is -0.0527. The number of rotatable bonds is 3. The van der Waals surface area contributed by atoms with E-state index >= 15 is 0 Å². The summed E-state index contributed by atoms with van der Waals surface area (Å²) in [4.78, 5) is 27.6. The minimum atomic E-state index is -0.157. The number of nitrogens with one attached hydrogen (secondary N) is 2. The SMILES string of the molecule is C=CC(=O)N1CCN(C(=O)CC2NNc3cc(Cl)c(Cl)cc32)CC1. The van der Waals surface area contributed by atoms with Gasteiger partial charge in [-0.3, -0.25) is 9.59 Å². The van der Waals surface area contributed by atoms with Crippen molar-refractivity contribution in [3.05, 3.63) is 40.4 Å². The molecule has 0 aliphatic carbocycles. The maximum absolute atomic E-state index is 12.5. The van der Waals surface area contributed by atoms with Gasteiger partial charge in [0.15, 0.2) is 0 Å². The molecule has 8 heteroatoms. The van der Waals surface area contributed by atoms with Crippen molar-refractivity contribution in [1.29, 1.82) is 0 Å². The number of anilines is 1. The van der Waals surface area contributed by atoms with Gasteiger partial charge in [-0.15, -0.1) is 0 Å².